The molecule has 0 aliphatic heterocycles. The van der Waals surface area contributed by atoms with E-state index in [4.69, 9.17) is 9.97 Å². The summed E-state index contributed by atoms with van der Waals surface area (Å²) >= 11 is 0. The van der Waals surface area contributed by atoms with Crippen LogP contribution in [-0.4, -0.2) is 14.5 Å². The van der Waals surface area contributed by atoms with Crippen molar-refractivity contribution >= 4 is 54.1 Å². The molecule has 0 spiro atoms. The maximum atomic E-state index is 5.15. The molecule has 10 rings (SSSR count). The average Bonchev–Trinajstić information content (AvgIpc) is 3.53. The molecule has 49 heavy (non-hydrogen) atoms. The molecule has 0 saturated carbocycles. The van der Waals surface area contributed by atoms with E-state index >= 15 is 0 Å². The minimum atomic E-state index is 0.704. The van der Waals surface area contributed by atoms with Crippen LogP contribution >= 0.6 is 0 Å². The molecule has 10 aromatic rings. The Morgan fingerprint density at radius 3 is 1.51 bits per heavy atom. The highest BCUT2D eigenvalue weighted by molar-refractivity contribution is 6.28. The Morgan fingerprint density at radius 2 is 0.857 bits per heavy atom. The lowest BCUT2D eigenvalue weighted by atomic mass is 10.00. The third-order valence-electron chi connectivity index (χ3n) is 9.77. The lowest BCUT2D eigenvalue weighted by molar-refractivity contribution is 1.16. The smallest absolute Gasteiger partial charge is 0.160 e. The van der Waals surface area contributed by atoms with Gasteiger partial charge in [-0.15, -0.1) is 0 Å². The van der Waals surface area contributed by atoms with E-state index in [1.54, 1.807) is 0 Å². The summed E-state index contributed by atoms with van der Waals surface area (Å²) in [5, 5.41) is 10.0. The molecule has 0 aliphatic rings. The summed E-state index contributed by atoms with van der Waals surface area (Å²) in [4.78, 5) is 10.3. The van der Waals surface area contributed by atoms with Gasteiger partial charge < -0.3 is 4.57 Å². The lowest BCUT2D eigenvalue weighted by Gasteiger charge is -2.12. The molecule has 0 amide bonds. The first kappa shape index (κ1) is 27.5. The summed E-state index contributed by atoms with van der Waals surface area (Å²) in [6.45, 7) is 0. The van der Waals surface area contributed by atoms with Crippen molar-refractivity contribution in [2.45, 2.75) is 0 Å². The first-order valence-electron chi connectivity index (χ1n) is 16.7. The van der Waals surface area contributed by atoms with E-state index in [-0.39, 0.29) is 0 Å². The second kappa shape index (κ2) is 11.0. The highest BCUT2D eigenvalue weighted by Crippen LogP contribution is 2.40. The highest BCUT2D eigenvalue weighted by atomic mass is 15.0. The van der Waals surface area contributed by atoms with Crippen LogP contribution in [0.25, 0.3) is 93.7 Å². The summed E-state index contributed by atoms with van der Waals surface area (Å²) in [5.41, 5.74) is 8.40. The summed E-state index contributed by atoms with van der Waals surface area (Å²) < 4.78 is 2.40. The van der Waals surface area contributed by atoms with Crippen molar-refractivity contribution in [1.82, 2.24) is 14.5 Å². The van der Waals surface area contributed by atoms with E-state index in [0.717, 1.165) is 33.8 Å². The fourth-order valence-electron chi connectivity index (χ4n) is 7.42. The molecule has 0 atom stereocenters. The number of rotatable bonds is 4. The Bertz CT molecular complexity index is 2770. The van der Waals surface area contributed by atoms with Gasteiger partial charge in [0.05, 0.1) is 22.4 Å². The van der Waals surface area contributed by atoms with Gasteiger partial charge >= 0.3 is 0 Å². The predicted molar refractivity (Wildman–Crippen MR) is 205 cm³/mol. The number of aromatic nitrogens is 3. The van der Waals surface area contributed by atoms with Crippen LogP contribution in [0.3, 0.4) is 0 Å². The van der Waals surface area contributed by atoms with E-state index in [9.17, 15) is 0 Å². The predicted octanol–water partition coefficient (Wildman–Crippen LogP) is 12.0. The van der Waals surface area contributed by atoms with E-state index in [2.05, 4.69) is 174 Å². The molecule has 0 radical (unpaired) electrons. The third-order valence-corrected chi connectivity index (χ3v) is 9.77. The Balaban J connectivity index is 1.16. The second-order valence-electron chi connectivity index (χ2n) is 12.6. The largest absolute Gasteiger partial charge is 0.309 e. The number of hydrogen-bond donors (Lipinski definition) is 0. The van der Waals surface area contributed by atoms with E-state index in [1.165, 1.54) is 54.1 Å². The topological polar surface area (TPSA) is 30.7 Å². The molecule has 3 nitrogen and oxygen atoms in total. The van der Waals surface area contributed by atoms with Crippen molar-refractivity contribution in [3.8, 4) is 39.6 Å². The molecule has 0 N–H and O–H groups in total. The molecule has 3 heteroatoms. The van der Waals surface area contributed by atoms with Crippen molar-refractivity contribution < 1.29 is 0 Å². The first-order chi connectivity index (χ1) is 24.3. The average molecular weight is 624 g/mol. The second-order valence-corrected chi connectivity index (χ2v) is 12.6. The molecule has 8 aromatic carbocycles. The van der Waals surface area contributed by atoms with E-state index in [0.29, 0.717) is 5.82 Å². The fourth-order valence-corrected chi connectivity index (χ4v) is 7.42. The molecule has 228 valence electrons. The third kappa shape index (κ3) is 4.51. The van der Waals surface area contributed by atoms with Gasteiger partial charge in [-0.05, 0) is 80.8 Å². The van der Waals surface area contributed by atoms with E-state index < -0.39 is 0 Å². The maximum absolute atomic E-state index is 5.15. The SMILES string of the molecule is c1ccc(-c2cc(-c3ccc4ccccc4c3)nc(-c3ccc(-n4c5ccc6ccccc6c5c5c6ccccc6ccc54)cc3)n2)cc1. The zero-order chi connectivity index (χ0) is 32.3. The number of nitrogens with zero attached hydrogens (tertiary/aromatic N) is 3. The van der Waals surface area contributed by atoms with Crippen LogP contribution in [-0.2, 0) is 0 Å². The van der Waals surface area contributed by atoms with Crippen LogP contribution in [0.4, 0.5) is 0 Å². The van der Waals surface area contributed by atoms with Crippen LogP contribution in [0.5, 0.6) is 0 Å². The Labute approximate surface area is 283 Å². The maximum Gasteiger partial charge on any atom is 0.160 e. The summed E-state index contributed by atoms with van der Waals surface area (Å²) in [7, 11) is 0. The van der Waals surface area contributed by atoms with Crippen molar-refractivity contribution in [3.63, 3.8) is 0 Å². The zero-order valence-corrected chi connectivity index (χ0v) is 26.6. The first-order valence-corrected chi connectivity index (χ1v) is 16.7. The van der Waals surface area contributed by atoms with Gasteiger partial charge in [0.25, 0.3) is 0 Å². The molecule has 0 fully saturated rings. The fraction of sp³-hybridized carbons (Fsp3) is 0. The van der Waals surface area contributed by atoms with Crippen molar-refractivity contribution in [1.29, 1.82) is 0 Å². The lowest BCUT2D eigenvalue weighted by Crippen LogP contribution is -1.97. The molecule has 2 aromatic heterocycles. The molecule has 0 unspecified atom stereocenters. The van der Waals surface area contributed by atoms with Crippen LogP contribution in [0, 0.1) is 0 Å². The number of fused-ring (bicyclic) bond motifs is 8. The zero-order valence-electron chi connectivity index (χ0n) is 26.6. The quantitative estimate of drug-likeness (QED) is 0.195. The van der Waals surface area contributed by atoms with Gasteiger partial charge in [-0.3, -0.25) is 0 Å². The standard InChI is InChI=1S/C46H29N3/c1-2-13-33(14-3-1)40-29-41(36-19-18-30-10-4-5-15-35(30)28-36)48-46(47-40)34-20-24-37(25-21-34)49-42-26-22-31-11-6-8-16-38(31)44(42)45-39-17-9-7-12-32(39)23-27-43(45)49/h1-29H. The van der Waals surface area contributed by atoms with Crippen molar-refractivity contribution in [3.05, 3.63) is 176 Å². The number of hydrogen-bond acceptors (Lipinski definition) is 2. The molecule has 0 saturated heterocycles. The summed E-state index contributed by atoms with van der Waals surface area (Å²) in [5.74, 6) is 0.704. The molecular weight excluding hydrogens is 595 g/mol. The molecular formula is C46H29N3. The van der Waals surface area contributed by atoms with Gasteiger partial charge in [0.1, 0.15) is 0 Å². The van der Waals surface area contributed by atoms with E-state index in [1.807, 2.05) is 6.07 Å². The van der Waals surface area contributed by atoms with Crippen LogP contribution in [0.15, 0.2) is 176 Å². The van der Waals surface area contributed by atoms with Crippen LogP contribution < -0.4 is 0 Å². The van der Waals surface area contributed by atoms with Gasteiger partial charge in [-0.1, -0.05) is 127 Å². The summed E-state index contributed by atoms with van der Waals surface area (Å²) in [6.07, 6.45) is 0. The van der Waals surface area contributed by atoms with Crippen LogP contribution in [0.1, 0.15) is 0 Å². The van der Waals surface area contributed by atoms with Gasteiger partial charge in [-0.25, -0.2) is 9.97 Å². The number of benzene rings is 8. The Hall–Kier alpha value is -6.58. The van der Waals surface area contributed by atoms with Crippen molar-refractivity contribution in [2.24, 2.45) is 0 Å². The molecule has 0 aliphatic carbocycles. The Morgan fingerprint density at radius 1 is 0.347 bits per heavy atom. The normalized spacial score (nSPS) is 11.7. The van der Waals surface area contributed by atoms with Gasteiger partial charge in [0.15, 0.2) is 5.82 Å². The van der Waals surface area contributed by atoms with Gasteiger partial charge in [0.2, 0.25) is 0 Å². The van der Waals surface area contributed by atoms with Crippen molar-refractivity contribution in [2.75, 3.05) is 0 Å². The monoisotopic (exact) mass is 623 g/mol. The highest BCUT2D eigenvalue weighted by Gasteiger charge is 2.18. The minimum Gasteiger partial charge on any atom is -0.309 e. The van der Waals surface area contributed by atoms with Gasteiger partial charge in [0, 0.05) is 33.2 Å². The van der Waals surface area contributed by atoms with Gasteiger partial charge in [-0.2, -0.15) is 0 Å². The Kier molecular flexibility index (Phi) is 6.18. The molecule has 0 bridgehead atoms. The molecule has 2 heterocycles. The summed E-state index contributed by atoms with van der Waals surface area (Å²) in [6, 6.07) is 62.6. The minimum absolute atomic E-state index is 0.704. The van der Waals surface area contributed by atoms with Crippen LogP contribution in [0.2, 0.25) is 0 Å².